The highest BCUT2D eigenvalue weighted by Gasteiger charge is 2.20. The number of pyridine rings is 1. The Balaban J connectivity index is 2.90. The normalized spacial score (nSPS) is 11.9. The van der Waals surface area contributed by atoms with E-state index in [1.54, 1.807) is 0 Å². The number of carboxylic acid groups (broad SMARTS) is 1. The van der Waals surface area contributed by atoms with E-state index in [0.29, 0.717) is 12.1 Å². The van der Waals surface area contributed by atoms with Crippen molar-refractivity contribution in [1.82, 2.24) is 10.3 Å². The number of nitrogens with zero attached hydrogens (tertiary/aromatic N) is 1. The number of carboxylic acids is 1. The molecule has 0 aliphatic carbocycles. The Morgan fingerprint density at radius 1 is 1.50 bits per heavy atom. The molecule has 18 heavy (non-hydrogen) atoms. The number of aromatic nitrogens is 1. The summed E-state index contributed by atoms with van der Waals surface area (Å²) in [4.78, 5) is 26.4. The van der Waals surface area contributed by atoms with Gasteiger partial charge in [0.05, 0.1) is 6.61 Å². The van der Waals surface area contributed by atoms with Crippen LogP contribution in [0.25, 0.3) is 0 Å². The number of aliphatic hydroxyl groups is 1. The maximum atomic E-state index is 11.8. The van der Waals surface area contributed by atoms with Gasteiger partial charge in [-0.25, -0.2) is 9.78 Å². The van der Waals surface area contributed by atoms with Gasteiger partial charge in [-0.1, -0.05) is 18.5 Å². The Labute approximate surface area is 109 Å². The molecule has 1 atom stereocenters. The molecule has 0 aromatic carbocycles. The zero-order chi connectivity index (χ0) is 13.7. The van der Waals surface area contributed by atoms with Gasteiger partial charge in [0.15, 0.2) is 6.04 Å². The first-order valence-electron chi connectivity index (χ1n) is 5.29. The standard InChI is InChI=1S/C11H13ClN2O4/c1-2-7-3-6(4-9(12)13-7)10(16)14-8(5-15)11(17)18/h3-4,8,15H,2,5H2,1H3,(H,14,16)(H,17,18). The molecule has 1 rings (SSSR count). The predicted molar refractivity (Wildman–Crippen MR) is 64.6 cm³/mol. The summed E-state index contributed by atoms with van der Waals surface area (Å²) in [6.07, 6.45) is 0.600. The van der Waals surface area contributed by atoms with E-state index < -0.39 is 24.5 Å². The van der Waals surface area contributed by atoms with Gasteiger partial charge in [-0.05, 0) is 18.6 Å². The van der Waals surface area contributed by atoms with Crippen molar-refractivity contribution < 1.29 is 19.8 Å². The van der Waals surface area contributed by atoms with Crippen LogP contribution in [0.4, 0.5) is 0 Å². The van der Waals surface area contributed by atoms with Crippen molar-refractivity contribution in [3.63, 3.8) is 0 Å². The number of amides is 1. The molecule has 7 heteroatoms. The number of rotatable bonds is 5. The Kier molecular flexibility index (Phi) is 5.06. The second-order valence-corrected chi connectivity index (χ2v) is 3.96. The van der Waals surface area contributed by atoms with E-state index in [9.17, 15) is 9.59 Å². The van der Waals surface area contributed by atoms with Gasteiger partial charge in [0.1, 0.15) is 5.15 Å². The first-order valence-corrected chi connectivity index (χ1v) is 5.66. The highest BCUT2D eigenvalue weighted by molar-refractivity contribution is 6.29. The minimum Gasteiger partial charge on any atom is -0.480 e. The van der Waals surface area contributed by atoms with Crippen molar-refractivity contribution in [2.45, 2.75) is 19.4 Å². The molecule has 1 amide bonds. The fraction of sp³-hybridized carbons (Fsp3) is 0.364. The number of hydrogen-bond acceptors (Lipinski definition) is 4. The molecular weight excluding hydrogens is 260 g/mol. The predicted octanol–water partition coefficient (Wildman–Crippen LogP) is 0.473. The zero-order valence-corrected chi connectivity index (χ0v) is 10.4. The third-order valence-electron chi connectivity index (χ3n) is 2.26. The van der Waals surface area contributed by atoms with Gasteiger partial charge in [-0.2, -0.15) is 0 Å². The molecule has 3 N–H and O–H groups in total. The molecular formula is C11H13ClN2O4. The summed E-state index contributed by atoms with van der Waals surface area (Å²) in [5, 5.41) is 19.9. The number of carbonyl (C=O) groups excluding carboxylic acids is 1. The fourth-order valence-corrected chi connectivity index (χ4v) is 1.52. The lowest BCUT2D eigenvalue weighted by molar-refractivity contribution is -0.140. The van der Waals surface area contributed by atoms with Gasteiger partial charge in [0.2, 0.25) is 0 Å². The molecule has 0 saturated carbocycles. The molecule has 0 spiro atoms. The topological polar surface area (TPSA) is 99.5 Å². The van der Waals surface area contributed by atoms with Crippen molar-refractivity contribution in [1.29, 1.82) is 0 Å². The van der Waals surface area contributed by atoms with Gasteiger partial charge in [0, 0.05) is 11.3 Å². The zero-order valence-electron chi connectivity index (χ0n) is 9.68. The van der Waals surface area contributed by atoms with Crippen LogP contribution < -0.4 is 5.32 Å². The molecule has 98 valence electrons. The van der Waals surface area contributed by atoms with Crippen molar-refractivity contribution >= 4 is 23.5 Å². The molecule has 1 heterocycles. The highest BCUT2D eigenvalue weighted by Crippen LogP contribution is 2.11. The molecule has 6 nitrogen and oxygen atoms in total. The molecule has 0 aliphatic rings. The quantitative estimate of drug-likeness (QED) is 0.677. The van der Waals surface area contributed by atoms with E-state index in [1.807, 2.05) is 6.92 Å². The monoisotopic (exact) mass is 272 g/mol. The van der Waals surface area contributed by atoms with E-state index in [1.165, 1.54) is 12.1 Å². The lowest BCUT2D eigenvalue weighted by Gasteiger charge is -2.12. The molecule has 0 saturated heterocycles. The van der Waals surface area contributed by atoms with Crippen molar-refractivity contribution in [3.8, 4) is 0 Å². The molecule has 0 fully saturated rings. The maximum Gasteiger partial charge on any atom is 0.328 e. The number of hydrogen-bond donors (Lipinski definition) is 3. The SMILES string of the molecule is CCc1cc(C(=O)NC(CO)C(=O)O)cc(Cl)n1. The van der Waals surface area contributed by atoms with Crippen LogP contribution in [0, 0.1) is 0 Å². The molecule has 1 unspecified atom stereocenters. The van der Waals surface area contributed by atoms with Crippen molar-refractivity contribution in [2.75, 3.05) is 6.61 Å². The molecule has 0 aliphatic heterocycles. The van der Waals surface area contributed by atoms with Gasteiger partial charge in [0.25, 0.3) is 5.91 Å². The molecule has 1 aromatic rings. The molecule has 0 radical (unpaired) electrons. The average Bonchev–Trinajstić information content (AvgIpc) is 2.34. The van der Waals surface area contributed by atoms with E-state index in [4.69, 9.17) is 21.8 Å². The van der Waals surface area contributed by atoms with Crippen molar-refractivity contribution in [2.24, 2.45) is 0 Å². The van der Waals surface area contributed by atoms with Gasteiger partial charge >= 0.3 is 5.97 Å². The maximum absolute atomic E-state index is 11.8. The summed E-state index contributed by atoms with van der Waals surface area (Å²) in [5.74, 6) is -1.92. The van der Waals surface area contributed by atoms with Crippen LogP contribution in [-0.2, 0) is 11.2 Å². The van der Waals surface area contributed by atoms with E-state index in [-0.39, 0.29) is 10.7 Å². The summed E-state index contributed by atoms with van der Waals surface area (Å²) >= 11 is 5.75. The van der Waals surface area contributed by atoms with Crippen molar-refractivity contribution in [3.05, 3.63) is 28.5 Å². The number of carbonyl (C=O) groups is 2. The number of halogens is 1. The third-order valence-corrected chi connectivity index (χ3v) is 2.45. The van der Waals surface area contributed by atoms with Crippen LogP contribution in [-0.4, -0.2) is 39.7 Å². The largest absolute Gasteiger partial charge is 0.480 e. The minimum absolute atomic E-state index is 0.162. The second kappa shape index (κ2) is 6.32. The Morgan fingerprint density at radius 2 is 2.17 bits per heavy atom. The second-order valence-electron chi connectivity index (χ2n) is 3.57. The Hall–Kier alpha value is -1.66. The number of aliphatic hydroxyl groups excluding tert-OH is 1. The molecule has 0 bridgehead atoms. The first kappa shape index (κ1) is 14.4. The minimum atomic E-state index is -1.34. The number of aryl methyl sites for hydroxylation is 1. The van der Waals surface area contributed by atoms with Crippen LogP contribution in [0.15, 0.2) is 12.1 Å². The van der Waals surface area contributed by atoms with Crippen LogP contribution >= 0.6 is 11.6 Å². The van der Waals surface area contributed by atoms with Crippen LogP contribution in [0.1, 0.15) is 23.0 Å². The Morgan fingerprint density at radius 3 is 2.67 bits per heavy atom. The van der Waals surface area contributed by atoms with E-state index >= 15 is 0 Å². The van der Waals surface area contributed by atoms with Gasteiger partial charge < -0.3 is 15.5 Å². The number of nitrogens with one attached hydrogen (secondary N) is 1. The van der Waals surface area contributed by atoms with E-state index in [0.717, 1.165) is 0 Å². The smallest absolute Gasteiger partial charge is 0.328 e. The van der Waals surface area contributed by atoms with Gasteiger partial charge in [-0.15, -0.1) is 0 Å². The summed E-state index contributed by atoms with van der Waals surface area (Å²) in [6, 6.07) is 1.53. The average molecular weight is 273 g/mol. The highest BCUT2D eigenvalue weighted by atomic mass is 35.5. The lowest BCUT2D eigenvalue weighted by Crippen LogP contribution is -2.43. The van der Waals surface area contributed by atoms with Gasteiger partial charge in [-0.3, -0.25) is 4.79 Å². The summed E-state index contributed by atoms with van der Waals surface area (Å²) in [7, 11) is 0. The van der Waals surface area contributed by atoms with Crippen LogP contribution in [0.2, 0.25) is 5.15 Å². The summed E-state index contributed by atoms with van der Waals surface area (Å²) < 4.78 is 0. The van der Waals surface area contributed by atoms with Crippen LogP contribution in [0.3, 0.4) is 0 Å². The Bertz CT molecular complexity index is 464. The fourth-order valence-electron chi connectivity index (χ4n) is 1.29. The molecule has 1 aromatic heterocycles. The first-order chi connectivity index (χ1) is 8.47. The third kappa shape index (κ3) is 3.68. The number of aliphatic carboxylic acids is 1. The lowest BCUT2D eigenvalue weighted by atomic mass is 10.2. The summed E-state index contributed by atoms with van der Waals surface area (Å²) in [5.41, 5.74) is 0.843. The van der Waals surface area contributed by atoms with E-state index in [2.05, 4.69) is 10.3 Å². The summed E-state index contributed by atoms with van der Waals surface area (Å²) in [6.45, 7) is 1.18. The van der Waals surface area contributed by atoms with Crippen LogP contribution in [0.5, 0.6) is 0 Å².